The summed E-state index contributed by atoms with van der Waals surface area (Å²) < 4.78 is 19.1. The third kappa shape index (κ3) is 3.00. The van der Waals surface area contributed by atoms with Gasteiger partial charge >= 0.3 is 0 Å². The van der Waals surface area contributed by atoms with Crippen LogP contribution in [0.5, 0.6) is 0 Å². The largest absolute Gasteiger partial charge is 0.381 e. The number of likely N-dealkylation sites (tertiary alicyclic amines) is 1. The predicted octanol–water partition coefficient (Wildman–Crippen LogP) is 1.41. The molecule has 2 aliphatic heterocycles. The van der Waals surface area contributed by atoms with Crippen LogP contribution in [0.2, 0.25) is 0 Å². The van der Waals surface area contributed by atoms with E-state index in [0.717, 1.165) is 45.1 Å². The van der Waals surface area contributed by atoms with Crippen LogP contribution in [0.3, 0.4) is 0 Å². The molecular weight excluding hydrogens is 271 g/mol. The first-order valence-electron chi connectivity index (χ1n) is 7.35. The van der Waals surface area contributed by atoms with Gasteiger partial charge < -0.3 is 15.0 Å². The number of pyridine rings is 1. The minimum Gasteiger partial charge on any atom is -0.381 e. The second-order valence-electron chi connectivity index (χ2n) is 5.81. The van der Waals surface area contributed by atoms with E-state index < -0.39 is 0 Å². The van der Waals surface area contributed by atoms with Crippen molar-refractivity contribution in [3.8, 4) is 0 Å². The van der Waals surface area contributed by atoms with Crippen molar-refractivity contribution >= 4 is 5.96 Å². The van der Waals surface area contributed by atoms with Crippen molar-refractivity contribution in [1.29, 1.82) is 0 Å². The fourth-order valence-corrected chi connectivity index (χ4v) is 3.13. The van der Waals surface area contributed by atoms with Gasteiger partial charge in [0.15, 0.2) is 5.96 Å². The number of ether oxygens (including phenoxy) is 1. The van der Waals surface area contributed by atoms with E-state index in [0.29, 0.717) is 12.2 Å². The van der Waals surface area contributed by atoms with Crippen LogP contribution in [0.25, 0.3) is 0 Å². The molecule has 1 N–H and O–H groups in total. The maximum absolute atomic E-state index is 13.6. The first kappa shape index (κ1) is 14.3. The van der Waals surface area contributed by atoms with Crippen LogP contribution in [-0.2, 0) is 11.3 Å². The number of guanidine groups is 1. The van der Waals surface area contributed by atoms with Gasteiger partial charge in [-0.1, -0.05) is 0 Å². The molecular formula is C15H21FN4O. The second-order valence-corrected chi connectivity index (χ2v) is 5.81. The van der Waals surface area contributed by atoms with E-state index in [2.05, 4.69) is 20.2 Å². The number of aromatic nitrogens is 1. The fraction of sp³-hybridized carbons (Fsp3) is 0.600. The van der Waals surface area contributed by atoms with E-state index in [9.17, 15) is 4.39 Å². The van der Waals surface area contributed by atoms with E-state index in [1.807, 2.05) is 0 Å². The number of rotatable bonds is 2. The van der Waals surface area contributed by atoms with Gasteiger partial charge in [0.05, 0.1) is 18.8 Å². The van der Waals surface area contributed by atoms with Gasteiger partial charge in [0.25, 0.3) is 0 Å². The normalized spacial score (nSPS) is 25.8. The quantitative estimate of drug-likeness (QED) is 0.661. The number of nitrogens with zero attached hydrogens (tertiary/aromatic N) is 3. The fourth-order valence-electron chi connectivity index (χ4n) is 3.13. The molecule has 0 amide bonds. The molecule has 2 aliphatic rings. The molecule has 1 spiro atoms. The Morgan fingerprint density at radius 1 is 1.57 bits per heavy atom. The molecule has 114 valence electrons. The highest BCUT2D eigenvalue weighted by Crippen LogP contribution is 2.38. The van der Waals surface area contributed by atoms with Gasteiger partial charge in [-0.3, -0.25) is 9.98 Å². The summed E-state index contributed by atoms with van der Waals surface area (Å²) in [5.41, 5.74) is 0.699. The molecule has 1 unspecified atom stereocenters. The lowest BCUT2D eigenvalue weighted by molar-refractivity contribution is 0.156. The average molecular weight is 292 g/mol. The lowest BCUT2D eigenvalue weighted by atomic mass is 9.87. The van der Waals surface area contributed by atoms with E-state index in [1.54, 1.807) is 19.3 Å². The van der Waals surface area contributed by atoms with Crippen LogP contribution in [-0.4, -0.2) is 49.2 Å². The highest BCUT2D eigenvalue weighted by Gasteiger charge is 2.42. The number of nitrogens with one attached hydrogen (secondary N) is 1. The number of aliphatic imine (C=N–C) groups is 1. The molecule has 1 aromatic rings. The molecule has 6 heteroatoms. The topological polar surface area (TPSA) is 49.8 Å². The molecule has 3 heterocycles. The summed E-state index contributed by atoms with van der Waals surface area (Å²) in [6.45, 7) is 3.97. The minimum atomic E-state index is -0.289. The zero-order valence-electron chi connectivity index (χ0n) is 12.3. The van der Waals surface area contributed by atoms with Crippen LogP contribution < -0.4 is 5.32 Å². The van der Waals surface area contributed by atoms with Crippen molar-refractivity contribution in [2.75, 3.05) is 33.4 Å². The van der Waals surface area contributed by atoms with Gasteiger partial charge in [0.1, 0.15) is 5.82 Å². The van der Waals surface area contributed by atoms with Crippen LogP contribution in [0.4, 0.5) is 4.39 Å². The molecule has 1 aromatic heterocycles. The maximum Gasteiger partial charge on any atom is 0.193 e. The predicted molar refractivity (Wildman–Crippen MR) is 78.5 cm³/mol. The Labute approximate surface area is 124 Å². The Morgan fingerprint density at radius 3 is 3.19 bits per heavy atom. The zero-order valence-corrected chi connectivity index (χ0v) is 12.3. The minimum absolute atomic E-state index is 0.286. The Balaban J connectivity index is 1.60. The molecule has 5 nitrogen and oxygen atoms in total. The van der Waals surface area contributed by atoms with Gasteiger partial charge in [0, 0.05) is 38.4 Å². The van der Waals surface area contributed by atoms with Crippen molar-refractivity contribution in [3.63, 3.8) is 0 Å². The highest BCUT2D eigenvalue weighted by molar-refractivity contribution is 5.80. The summed E-state index contributed by atoms with van der Waals surface area (Å²) in [5, 5.41) is 3.21. The average Bonchev–Trinajstić information content (AvgIpc) is 3.12. The Hall–Kier alpha value is -1.69. The molecule has 0 aliphatic carbocycles. The first-order chi connectivity index (χ1) is 10.2. The first-order valence-corrected chi connectivity index (χ1v) is 7.35. The second kappa shape index (κ2) is 5.97. The molecule has 3 rings (SSSR count). The molecule has 2 saturated heterocycles. The summed E-state index contributed by atoms with van der Waals surface area (Å²) in [6, 6.07) is 3.02. The standard InChI is InChI=1S/C15H21FN4O/c1-17-14(19-9-13-12(16)3-2-6-18-13)20-7-4-15(10-20)5-8-21-11-15/h2-3,6H,4-5,7-11H2,1H3,(H,17,19). The van der Waals surface area contributed by atoms with E-state index in [-0.39, 0.29) is 11.2 Å². The van der Waals surface area contributed by atoms with Crippen molar-refractivity contribution < 1.29 is 9.13 Å². The van der Waals surface area contributed by atoms with Crippen LogP contribution >= 0.6 is 0 Å². The van der Waals surface area contributed by atoms with Crippen molar-refractivity contribution in [1.82, 2.24) is 15.2 Å². The monoisotopic (exact) mass is 292 g/mol. The third-order valence-corrected chi connectivity index (χ3v) is 4.38. The highest BCUT2D eigenvalue weighted by atomic mass is 19.1. The molecule has 0 aromatic carbocycles. The van der Waals surface area contributed by atoms with E-state index in [1.165, 1.54) is 6.07 Å². The summed E-state index contributed by atoms with van der Waals surface area (Å²) in [5.74, 6) is 0.520. The molecule has 0 bridgehead atoms. The summed E-state index contributed by atoms with van der Waals surface area (Å²) in [7, 11) is 1.76. The SMILES string of the molecule is CN=C(NCc1ncccc1F)N1CCC2(CCOC2)C1. The summed E-state index contributed by atoms with van der Waals surface area (Å²) in [4.78, 5) is 10.6. The van der Waals surface area contributed by atoms with Gasteiger partial charge in [0.2, 0.25) is 0 Å². The Kier molecular flexibility index (Phi) is 4.05. The number of hydrogen-bond acceptors (Lipinski definition) is 3. The Bertz CT molecular complexity index is 528. The molecule has 1 atom stereocenters. The third-order valence-electron chi connectivity index (χ3n) is 4.38. The van der Waals surface area contributed by atoms with Crippen LogP contribution in [0.1, 0.15) is 18.5 Å². The molecule has 2 fully saturated rings. The Morgan fingerprint density at radius 2 is 2.48 bits per heavy atom. The van der Waals surface area contributed by atoms with Crippen molar-refractivity contribution in [2.45, 2.75) is 19.4 Å². The van der Waals surface area contributed by atoms with E-state index >= 15 is 0 Å². The molecule has 21 heavy (non-hydrogen) atoms. The lowest BCUT2D eigenvalue weighted by Crippen LogP contribution is -2.41. The molecule has 0 saturated carbocycles. The lowest BCUT2D eigenvalue weighted by Gasteiger charge is -2.24. The maximum atomic E-state index is 13.6. The van der Waals surface area contributed by atoms with Gasteiger partial charge in [-0.15, -0.1) is 0 Å². The van der Waals surface area contributed by atoms with Crippen LogP contribution in [0, 0.1) is 11.2 Å². The van der Waals surface area contributed by atoms with Crippen LogP contribution in [0.15, 0.2) is 23.3 Å². The zero-order chi connectivity index (χ0) is 14.7. The smallest absolute Gasteiger partial charge is 0.193 e. The van der Waals surface area contributed by atoms with Gasteiger partial charge in [-0.05, 0) is 25.0 Å². The summed E-state index contributed by atoms with van der Waals surface area (Å²) >= 11 is 0. The van der Waals surface area contributed by atoms with Crippen molar-refractivity contribution in [2.24, 2.45) is 10.4 Å². The number of hydrogen-bond donors (Lipinski definition) is 1. The summed E-state index contributed by atoms with van der Waals surface area (Å²) in [6.07, 6.45) is 3.85. The van der Waals surface area contributed by atoms with Gasteiger partial charge in [-0.25, -0.2) is 4.39 Å². The van der Waals surface area contributed by atoms with E-state index in [4.69, 9.17) is 4.74 Å². The number of halogens is 1. The van der Waals surface area contributed by atoms with Gasteiger partial charge in [-0.2, -0.15) is 0 Å². The molecule has 0 radical (unpaired) electrons. The van der Waals surface area contributed by atoms with Crippen molar-refractivity contribution in [3.05, 3.63) is 29.8 Å².